The molecule has 0 aliphatic heterocycles. The summed E-state index contributed by atoms with van der Waals surface area (Å²) in [5, 5.41) is 10.8. The van der Waals surface area contributed by atoms with Crippen LogP contribution in [-0.4, -0.2) is 26.4 Å². The summed E-state index contributed by atoms with van der Waals surface area (Å²) in [7, 11) is 0. The minimum Gasteiger partial charge on any atom is -0.392 e. The Morgan fingerprint density at radius 1 is 1.25 bits per heavy atom. The van der Waals surface area contributed by atoms with Crippen LogP contribution in [0.1, 0.15) is 39.4 Å². The third-order valence-corrected chi connectivity index (χ3v) is 3.60. The molecule has 1 heterocycles. The number of aliphatic hydroxyl groups excluding tert-OH is 1. The maximum Gasteiger partial charge on any atom is 0.133 e. The van der Waals surface area contributed by atoms with Gasteiger partial charge >= 0.3 is 0 Å². The van der Waals surface area contributed by atoms with Crippen molar-refractivity contribution in [1.29, 1.82) is 0 Å². The van der Waals surface area contributed by atoms with Gasteiger partial charge in [-0.15, -0.1) is 11.8 Å². The quantitative estimate of drug-likeness (QED) is 0.667. The Kier molecular flexibility index (Phi) is 5.02. The van der Waals surface area contributed by atoms with E-state index in [1.54, 1.807) is 13.0 Å². The highest BCUT2D eigenvalue weighted by Crippen LogP contribution is 2.26. The molecular formula is C11H17ClN2OS. The maximum atomic E-state index is 9.43. The van der Waals surface area contributed by atoms with Gasteiger partial charge in [-0.1, -0.05) is 32.4 Å². The summed E-state index contributed by atoms with van der Waals surface area (Å²) in [5.74, 6) is 0.993. The molecule has 0 fully saturated rings. The third-order valence-electron chi connectivity index (χ3n) is 2.19. The number of aliphatic hydroxyl groups is 1. The monoisotopic (exact) mass is 260 g/mol. The van der Waals surface area contributed by atoms with Crippen molar-refractivity contribution in [3.63, 3.8) is 0 Å². The number of nitrogens with zero attached hydrogens (tertiary/aromatic N) is 2. The van der Waals surface area contributed by atoms with Crippen LogP contribution in [0.5, 0.6) is 0 Å². The molecule has 90 valence electrons. The van der Waals surface area contributed by atoms with E-state index in [9.17, 15) is 5.11 Å². The number of hydrogen-bond acceptors (Lipinski definition) is 4. The summed E-state index contributed by atoms with van der Waals surface area (Å²) in [6, 6.07) is 1.73. The predicted molar refractivity (Wildman–Crippen MR) is 68.1 cm³/mol. The number of aromatic nitrogens is 2. The van der Waals surface area contributed by atoms with Crippen molar-refractivity contribution in [1.82, 2.24) is 9.97 Å². The molecule has 0 saturated carbocycles. The summed E-state index contributed by atoms with van der Waals surface area (Å²) in [6.45, 7) is 7.78. The molecule has 16 heavy (non-hydrogen) atoms. The van der Waals surface area contributed by atoms with Gasteiger partial charge in [-0.25, -0.2) is 9.97 Å². The molecule has 2 atom stereocenters. The van der Waals surface area contributed by atoms with Crippen LogP contribution < -0.4 is 0 Å². The van der Waals surface area contributed by atoms with Gasteiger partial charge in [0.2, 0.25) is 0 Å². The molecule has 1 aromatic rings. The van der Waals surface area contributed by atoms with Gasteiger partial charge in [0, 0.05) is 17.2 Å². The molecule has 1 rings (SSSR count). The Hall–Kier alpha value is -0.320. The first-order valence-corrected chi connectivity index (χ1v) is 6.55. The second-order valence-electron chi connectivity index (χ2n) is 4.11. The van der Waals surface area contributed by atoms with Crippen LogP contribution in [0.4, 0.5) is 0 Å². The Morgan fingerprint density at radius 2 is 1.88 bits per heavy atom. The second-order valence-corrected chi connectivity index (χ2v) is 5.89. The van der Waals surface area contributed by atoms with Crippen LogP contribution in [0.3, 0.4) is 0 Å². The van der Waals surface area contributed by atoms with E-state index in [0.717, 1.165) is 10.9 Å². The van der Waals surface area contributed by atoms with E-state index in [1.165, 1.54) is 11.8 Å². The van der Waals surface area contributed by atoms with E-state index in [2.05, 4.69) is 9.97 Å². The van der Waals surface area contributed by atoms with Gasteiger partial charge in [0.1, 0.15) is 16.0 Å². The van der Waals surface area contributed by atoms with Crippen molar-refractivity contribution in [2.75, 3.05) is 0 Å². The van der Waals surface area contributed by atoms with Crippen molar-refractivity contribution >= 4 is 23.4 Å². The molecular weight excluding hydrogens is 244 g/mol. The van der Waals surface area contributed by atoms with Crippen molar-refractivity contribution in [2.45, 2.75) is 50.0 Å². The molecule has 3 nitrogen and oxygen atoms in total. The van der Waals surface area contributed by atoms with Gasteiger partial charge in [-0.3, -0.25) is 0 Å². The first-order valence-electron chi connectivity index (χ1n) is 5.29. The number of hydrogen-bond donors (Lipinski definition) is 1. The SMILES string of the molecule is CC(C)c1nc(Cl)cc(SC(C)C(C)O)n1. The van der Waals surface area contributed by atoms with Crippen molar-refractivity contribution in [2.24, 2.45) is 0 Å². The smallest absolute Gasteiger partial charge is 0.133 e. The summed E-state index contributed by atoms with van der Waals surface area (Å²) in [6.07, 6.45) is -0.374. The molecule has 0 spiro atoms. The Balaban J connectivity index is 2.88. The van der Waals surface area contributed by atoms with Crippen LogP contribution >= 0.6 is 23.4 Å². The summed E-state index contributed by atoms with van der Waals surface area (Å²) < 4.78 is 0. The maximum absolute atomic E-state index is 9.43. The topological polar surface area (TPSA) is 46.0 Å². The highest BCUT2D eigenvalue weighted by molar-refractivity contribution is 7.99. The lowest BCUT2D eigenvalue weighted by molar-refractivity contribution is 0.196. The largest absolute Gasteiger partial charge is 0.392 e. The Morgan fingerprint density at radius 3 is 2.38 bits per heavy atom. The fraction of sp³-hybridized carbons (Fsp3) is 0.636. The van der Waals surface area contributed by atoms with Gasteiger partial charge in [-0.05, 0) is 6.92 Å². The average molecular weight is 261 g/mol. The minimum absolute atomic E-state index is 0.0889. The summed E-state index contributed by atoms with van der Waals surface area (Å²) in [4.78, 5) is 8.58. The first-order chi connectivity index (χ1) is 7.40. The minimum atomic E-state index is -0.374. The zero-order valence-corrected chi connectivity index (χ0v) is 11.5. The number of rotatable bonds is 4. The molecule has 5 heteroatoms. The summed E-state index contributed by atoms with van der Waals surface area (Å²) in [5.41, 5.74) is 0. The lowest BCUT2D eigenvalue weighted by Crippen LogP contribution is -2.15. The second kappa shape index (κ2) is 5.84. The van der Waals surface area contributed by atoms with Crippen molar-refractivity contribution in [3.05, 3.63) is 17.0 Å². The first kappa shape index (κ1) is 13.7. The van der Waals surface area contributed by atoms with Gasteiger partial charge in [0.05, 0.1) is 6.10 Å². The van der Waals surface area contributed by atoms with Crippen LogP contribution in [-0.2, 0) is 0 Å². The van der Waals surface area contributed by atoms with Crippen molar-refractivity contribution < 1.29 is 5.11 Å². The van der Waals surface area contributed by atoms with E-state index >= 15 is 0 Å². The molecule has 0 bridgehead atoms. The molecule has 0 amide bonds. The number of thioether (sulfide) groups is 1. The summed E-state index contributed by atoms with van der Waals surface area (Å²) >= 11 is 7.44. The van der Waals surface area contributed by atoms with Crippen molar-refractivity contribution in [3.8, 4) is 0 Å². The van der Waals surface area contributed by atoms with Crippen LogP contribution in [0, 0.1) is 0 Å². The molecule has 0 aliphatic carbocycles. The highest BCUT2D eigenvalue weighted by atomic mass is 35.5. The predicted octanol–water partition coefficient (Wildman–Crippen LogP) is 3.11. The average Bonchev–Trinajstić information content (AvgIpc) is 2.16. The van der Waals surface area contributed by atoms with E-state index in [0.29, 0.717) is 5.15 Å². The molecule has 0 radical (unpaired) electrons. The molecule has 0 aromatic carbocycles. The standard InChI is InChI=1S/C11H17ClN2OS/c1-6(2)11-13-9(12)5-10(14-11)16-8(4)7(3)15/h5-8,15H,1-4H3. The zero-order valence-electron chi connectivity index (χ0n) is 9.94. The number of halogens is 1. The molecule has 0 aliphatic rings. The Bertz CT molecular complexity index is 358. The highest BCUT2D eigenvalue weighted by Gasteiger charge is 2.13. The Labute approximate surface area is 106 Å². The molecule has 2 unspecified atom stereocenters. The van der Waals surface area contributed by atoms with E-state index in [-0.39, 0.29) is 17.3 Å². The van der Waals surface area contributed by atoms with Crippen LogP contribution in [0.2, 0.25) is 5.15 Å². The fourth-order valence-corrected chi connectivity index (χ4v) is 2.18. The zero-order chi connectivity index (χ0) is 12.3. The molecule has 1 N–H and O–H groups in total. The molecule has 1 aromatic heterocycles. The van der Waals surface area contributed by atoms with Gasteiger partial charge in [0.15, 0.2) is 0 Å². The fourth-order valence-electron chi connectivity index (χ4n) is 1.02. The van der Waals surface area contributed by atoms with E-state index < -0.39 is 0 Å². The lowest BCUT2D eigenvalue weighted by Gasteiger charge is -2.14. The lowest BCUT2D eigenvalue weighted by atomic mass is 10.2. The van der Waals surface area contributed by atoms with E-state index in [4.69, 9.17) is 11.6 Å². The van der Waals surface area contributed by atoms with Gasteiger partial charge in [-0.2, -0.15) is 0 Å². The normalized spacial score (nSPS) is 15.2. The van der Waals surface area contributed by atoms with Gasteiger partial charge < -0.3 is 5.11 Å². The molecule has 0 saturated heterocycles. The third kappa shape index (κ3) is 3.92. The van der Waals surface area contributed by atoms with Crippen LogP contribution in [0.25, 0.3) is 0 Å². The van der Waals surface area contributed by atoms with Gasteiger partial charge in [0.25, 0.3) is 0 Å². The van der Waals surface area contributed by atoms with E-state index in [1.807, 2.05) is 20.8 Å². The van der Waals surface area contributed by atoms with Crippen LogP contribution in [0.15, 0.2) is 11.1 Å².